The molecule has 76 valence electrons. The lowest BCUT2D eigenvalue weighted by molar-refractivity contribution is 0.746. The fourth-order valence-corrected chi connectivity index (χ4v) is 1.93. The molecule has 2 aromatic heterocycles. The summed E-state index contributed by atoms with van der Waals surface area (Å²) in [5.74, 6) is 2.00. The van der Waals surface area contributed by atoms with Crippen LogP contribution in [0, 0.1) is 0 Å². The molecule has 3 heteroatoms. The Labute approximate surface area is 84.2 Å². The topological polar surface area (TPSA) is 33.1 Å². The molecule has 3 nitrogen and oxygen atoms in total. The van der Waals surface area contributed by atoms with Crippen molar-refractivity contribution in [2.45, 2.75) is 39.5 Å². The molecule has 0 aromatic carbocycles. The largest absolute Gasteiger partial charge is 0.327 e. The molecule has 0 fully saturated rings. The molecule has 0 radical (unpaired) electrons. The van der Waals surface area contributed by atoms with Gasteiger partial charge in [-0.3, -0.25) is 4.40 Å². The van der Waals surface area contributed by atoms with E-state index in [1.54, 1.807) is 0 Å². The van der Waals surface area contributed by atoms with Crippen molar-refractivity contribution in [3.8, 4) is 0 Å². The molecule has 2 heterocycles. The summed E-state index contributed by atoms with van der Waals surface area (Å²) in [7, 11) is 0. The van der Waals surface area contributed by atoms with Crippen LogP contribution in [0.2, 0.25) is 0 Å². The van der Waals surface area contributed by atoms with Crippen LogP contribution < -0.4 is 0 Å². The highest BCUT2D eigenvalue weighted by atomic mass is 15.1. The monoisotopic (exact) mass is 191 g/mol. The van der Waals surface area contributed by atoms with E-state index in [9.17, 15) is 0 Å². The Morgan fingerprint density at radius 1 is 1.21 bits per heavy atom. The molecule has 0 aliphatic heterocycles. The highest BCUT2D eigenvalue weighted by Crippen LogP contribution is 2.26. The zero-order chi connectivity index (χ0) is 10.3. The Kier molecular flexibility index (Phi) is 2.10. The van der Waals surface area contributed by atoms with Crippen molar-refractivity contribution in [2.24, 2.45) is 0 Å². The van der Waals surface area contributed by atoms with E-state index >= 15 is 0 Å². The molecule has 2 rings (SSSR count). The Morgan fingerprint density at radius 3 is 2.50 bits per heavy atom. The normalized spacial score (nSPS) is 12.1. The van der Waals surface area contributed by atoms with Crippen LogP contribution in [-0.2, 0) is 0 Å². The summed E-state index contributed by atoms with van der Waals surface area (Å²) in [4.78, 5) is 7.65. The standard InChI is InChI=1S/C11H17N3/c1-7(2)9-10(8(3)4)14-6-5-12-11(14)13-9/h5-8H,1-4H3,(H,12,13). The third-order valence-corrected chi connectivity index (χ3v) is 2.55. The zero-order valence-corrected chi connectivity index (χ0v) is 9.20. The van der Waals surface area contributed by atoms with Gasteiger partial charge in [-0.1, -0.05) is 27.7 Å². The average Bonchev–Trinajstić information content (AvgIpc) is 2.58. The van der Waals surface area contributed by atoms with Crippen LogP contribution in [0.15, 0.2) is 12.4 Å². The minimum atomic E-state index is 0.522. The number of fused-ring (bicyclic) bond motifs is 1. The summed E-state index contributed by atoms with van der Waals surface area (Å²) in [5, 5.41) is 0. The van der Waals surface area contributed by atoms with Gasteiger partial charge in [-0.15, -0.1) is 0 Å². The highest BCUT2D eigenvalue weighted by Gasteiger charge is 2.16. The molecule has 0 amide bonds. The van der Waals surface area contributed by atoms with E-state index in [1.165, 1.54) is 11.4 Å². The second kappa shape index (κ2) is 3.15. The van der Waals surface area contributed by atoms with Gasteiger partial charge in [0.1, 0.15) is 0 Å². The summed E-state index contributed by atoms with van der Waals surface area (Å²) < 4.78 is 2.15. The molecule has 0 atom stereocenters. The van der Waals surface area contributed by atoms with E-state index in [0.717, 1.165) is 5.78 Å². The number of hydrogen-bond acceptors (Lipinski definition) is 1. The van der Waals surface area contributed by atoms with Crippen LogP contribution >= 0.6 is 0 Å². The number of imidazole rings is 2. The molecule has 0 saturated heterocycles. The van der Waals surface area contributed by atoms with Crippen LogP contribution in [0.1, 0.15) is 50.9 Å². The fraction of sp³-hybridized carbons (Fsp3) is 0.545. The van der Waals surface area contributed by atoms with Gasteiger partial charge in [-0.2, -0.15) is 0 Å². The lowest BCUT2D eigenvalue weighted by Crippen LogP contribution is -1.99. The summed E-state index contributed by atoms with van der Waals surface area (Å²) in [6, 6.07) is 0. The van der Waals surface area contributed by atoms with Crippen molar-refractivity contribution in [1.82, 2.24) is 14.4 Å². The van der Waals surface area contributed by atoms with Gasteiger partial charge in [0.05, 0.1) is 0 Å². The number of hydrogen-bond donors (Lipinski definition) is 1. The van der Waals surface area contributed by atoms with Crippen molar-refractivity contribution < 1.29 is 0 Å². The van der Waals surface area contributed by atoms with Crippen molar-refractivity contribution in [3.05, 3.63) is 23.8 Å². The van der Waals surface area contributed by atoms with E-state index in [-0.39, 0.29) is 0 Å². The van der Waals surface area contributed by atoms with E-state index in [2.05, 4.69) is 42.1 Å². The SMILES string of the molecule is CC(C)c1[nH]c2nccn2c1C(C)C. The van der Waals surface area contributed by atoms with Gasteiger partial charge in [0.15, 0.2) is 0 Å². The maximum Gasteiger partial charge on any atom is 0.211 e. The highest BCUT2D eigenvalue weighted by molar-refractivity contribution is 5.38. The van der Waals surface area contributed by atoms with E-state index < -0.39 is 0 Å². The van der Waals surface area contributed by atoms with Gasteiger partial charge in [-0.05, 0) is 11.8 Å². The van der Waals surface area contributed by atoms with Crippen molar-refractivity contribution in [2.75, 3.05) is 0 Å². The second-order valence-corrected chi connectivity index (χ2v) is 4.35. The molecular formula is C11H17N3. The second-order valence-electron chi connectivity index (χ2n) is 4.35. The van der Waals surface area contributed by atoms with Gasteiger partial charge in [0.25, 0.3) is 0 Å². The minimum absolute atomic E-state index is 0.522. The number of H-pyrrole nitrogens is 1. The summed E-state index contributed by atoms with van der Waals surface area (Å²) in [6.07, 6.45) is 3.86. The van der Waals surface area contributed by atoms with Gasteiger partial charge in [-0.25, -0.2) is 4.98 Å². The predicted octanol–water partition coefficient (Wildman–Crippen LogP) is 2.91. The molecular weight excluding hydrogens is 174 g/mol. The van der Waals surface area contributed by atoms with Crippen LogP contribution in [0.25, 0.3) is 5.78 Å². The number of aromatic amines is 1. The first-order valence-corrected chi connectivity index (χ1v) is 5.16. The molecule has 0 saturated carbocycles. The molecule has 0 bridgehead atoms. The number of nitrogens with zero attached hydrogens (tertiary/aromatic N) is 2. The Hall–Kier alpha value is -1.25. The number of aromatic nitrogens is 3. The molecule has 0 unspecified atom stereocenters. The van der Waals surface area contributed by atoms with Crippen LogP contribution in [-0.4, -0.2) is 14.4 Å². The minimum Gasteiger partial charge on any atom is -0.327 e. The van der Waals surface area contributed by atoms with Crippen molar-refractivity contribution >= 4 is 5.78 Å². The maximum absolute atomic E-state index is 4.27. The quantitative estimate of drug-likeness (QED) is 0.777. The molecule has 1 N–H and O–H groups in total. The van der Waals surface area contributed by atoms with E-state index in [4.69, 9.17) is 0 Å². The van der Waals surface area contributed by atoms with Gasteiger partial charge in [0.2, 0.25) is 5.78 Å². The van der Waals surface area contributed by atoms with E-state index in [1.807, 2.05) is 12.4 Å². The lowest BCUT2D eigenvalue weighted by atomic mass is 10.0. The smallest absolute Gasteiger partial charge is 0.211 e. The summed E-state index contributed by atoms with van der Waals surface area (Å²) in [6.45, 7) is 8.84. The first-order valence-electron chi connectivity index (χ1n) is 5.16. The lowest BCUT2D eigenvalue weighted by Gasteiger charge is -2.10. The molecule has 0 aliphatic carbocycles. The number of rotatable bonds is 2. The van der Waals surface area contributed by atoms with Crippen LogP contribution in [0.4, 0.5) is 0 Å². The molecule has 14 heavy (non-hydrogen) atoms. The zero-order valence-electron chi connectivity index (χ0n) is 9.20. The van der Waals surface area contributed by atoms with Crippen molar-refractivity contribution in [3.63, 3.8) is 0 Å². The van der Waals surface area contributed by atoms with E-state index in [0.29, 0.717) is 11.8 Å². The summed E-state index contributed by atoms with van der Waals surface area (Å²) >= 11 is 0. The average molecular weight is 191 g/mol. The van der Waals surface area contributed by atoms with Crippen LogP contribution in [0.3, 0.4) is 0 Å². The third-order valence-electron chi connectivity index (χ3n) is 2.55. The van der Waals surface area contributed by atoms with Gasteiger partial charge in [0, 0.05) is 23.8 Å². The van der Waals surface area contributed by atoms with Gasteiger partial charge < -0.3 is 4.98 Å². The maximum atomic E-state index is 4.27. The Morgan fingerprint density at radius 2 is 1.93 bits per heavy atom. The van der Waals surface area contributed by atoms with Gasteiger partial charge >= 0.3 is 0 Å². The first-order chi connectivity index (χ1) is 6.61. The third kappa shape index (κ3) is 1.24. The molecule has 0 aliphatic rings. The van der Waals surface area contributed by atoms with Crippen molar-refractivity contribution in [1.29, 1.82) is 0 Å². The Bertz CT molecular complexity index is 434. The molecule has 0 spiro atoms. The first kappa shape index (κ1) is 9.31. The predicted molar refractivity (Wildman–Crippen MR) is 57.7 cm³/mol. The fourth-order valence-electron chi connectivity index (χ4n) is 1.93. The summed E-state index contributed by atoms with van der Waals surface area (Å²) in [5.41, 5.74) is 2.66. The molecule has 2 aromatic rings. The number of nitrogens with one attached hydrogen (secondary N) is 1. The Balaban J connectivity index is 2.69. The van der Waals surface area contributed by atoms with Crippen LogP contribution in [0.5, 0.6) is 0 Å².